The SMILES string of the molecule is CCCCOc1cc(C#Cc2ccc(SC)cc2)c(OCCCC)cc1C#Cc1ccc(C#Cc2ccc(C#Cc3cc(OCCCC)c(C#Cc4ccc(SC)cc4)cc3OCCCC)cc2)cc1. The van der Waals surface area contributed by atoms with Gasteiger partial charge in [0.25, 0.3) is 0 Å². The van der Waals surface area contributed by atoms with E-state index in [9.17, 15) is 0 Å². The van der Waals surface area contributed by atoms with Gasteiger partial charge < -0.3 is 18.9 Å². The maximum Gasteiger partial charge on any atom is 0.136 e. The third-order valence-electron chi connectivity index (χ3n) is 10.9. The van der Waals surface area contributed by atoms with Crippen molar-refractivity contribution in [2.45, 2.75) is 88.9 Å². The van der Waals surface area contributed by atoms with E-state index in [1.54, 1.807) is 23.5 Å². The summed E-state index contributed by atoms with van der Waals surface area (Å²) in [5, 5.41) is 0. The van der Waals surface area contributed by atoms with Gasteiger partial charge in [-0.25, -0.2) is 0 Å². The molecule has 0 heterocycles. The first-order valence-corrected chi connectivity index (χ1v) is 26.8. The van der Waals surface area contributed by atoms with E-state index in [1.807, 2.05) is 97.1 Å². The van der Waals surface area contributed by atoms with Gasteiger partial charge in [-0.3, -0.25) is 0 Å². The number of unbranched alkanes of at least 4 members (excludes halogenated alkanes) is 4. The van der Waals surface area contributed by atoms with E-state index >= 15 is 0 Å². The van der Waals surface area contributed by atoms with Crippen LogP contribution < -0.4 is 18.9 Å². The van der Waals surface area contributed by atoms with E-state index in [4.69, 9.17) is 18.9 Å². The first kappa shape index (κ1) is 52.4. The molecule has 0 aliphatic heterocycles. The molecule has 4 nitrogen and oxygen atoms in total. The first-order valence-electron chi connectivity index (χ1n) is 24.4. The van der Waals surface area contributed by atoms with Crippen molar-refractivity contribution in [3.63, 3.8) is 0 Å². The second-order valence-corrected chi connectivity index (χ2v) is 18.1. The molecule has 0 N–H and O–H groups in total. The molecule has 0 saturated carbocycles. The molecule has 6 heteroatoms. The lowest BCUT2D eigenvalue weighted by Gasteiger charge is -2.13. The second kappa shape index (κ2) is 29.1. The molecule has 6 aromatic carbocycles. The van der Waals surface area contributed by atoms with Crippen molar-refractivity contribution in [3.8, 4) is 82.2 Å². The Morgan fingerprint density at radius 3 is 0.700 bits per heavy atom. The van der Waals surface area contributed by atoms with Crippen LogP contribution >= 0.6 is 23.5 Å². The maximum absolute atomic E-state index is 6.30. The molecule has 0 radical (unpaired) electrons. The van der Waals surface area contributed by atoms with Crippen LogP contribution in [-0.4, -0.2) is 38.9 Å². The summed E-state index contributed by atoms with van der Waals surface area (Å²) in [6.45, 7) is 11.0. The van der Waals surface area contributed by atoms with Crippen LogP contribution in [0.1, 0.15) is 135 Å². The Labute approximate surface area is 427 Å². The molecule has 0 fully saturated rings. The van der Waals surface area contributed by atoms with Crippen LogP contribution in [0.5, 0.6) is 23.0 Å². The predicted molar refractivity (Wildman–Crippen MR) is 294 cm³/mol. The van der Waals surface area contributed by atoms with Crippen molar-refractivity contribution in [1.82, 2.24) is 0 Å². The fourth-order valence-electron chi connectivity index (χ4n) is 6.62. The van der Waals surface area contributed by atoms with E-state index in [2.05, 4.69) is 124 Å². The van der Waals surface area contributed by atoms with E-state index in [-0.39, 0.29) is 0 Å². The molecule has 0 spiro atoms. The van der Waals surface area contributed by atoms with E-state index in [0.717, 1.165) is 107 Å². The third-order valence-corrected chi connectivity index (χ3v) is 12.3. The van der Waals surface area contributed by atoms with Crippen LogP contribution in [-0.2, 0) is 0 Å². The van der Waals surface area contributed by atoms with Crippen molar-refractivity contribution < 1.29 is 18.9 Å². The largest absolute Gasteiger partial charge is 0.492 e. The number of hydrogen-bond donors (Lipinski definition) is 0. The molecule has 0 saturated heterocycles. The molecule has 0 unspecified atom stereocenters. The van der Waals surface area contributed by atoms with Gasteiger partial charge in [0.2, 0.25) is 0 Å². The normalized spacial score (nSPS) is 10.1. The average molecular weight is 959 g/mol. The first-order chi connectivity index (χ1) is 34.4. The summed E-state index contributed by atoms with van der Waals surface area (Å²) >= 11 is 3.43. The topological polar surface area (TPSA) is 36.9 Å². The zero-order valence-corrected chi connectivity index (χ0v) is 43.1. The molecule has 0 aliphatic carbocycles. The minimum Gasteiger partial charge on any atom is -0.492 e. The molecule has 6 rings (SSSR count). The van der Waals surface area contributed by atoms with Gasteiger partial charge in [0.15, 0.2) is 0 Å². The van der Waals surface area contributed by atoms with Crippen molar-refractivity contribution in [2.24, 2.45) is 0 Å². The Kier molecular flexibility index (Phi) is 21.8. The fourth-order valence-corrected chi connectivity index (χ4v) is 7.44. The van der Waals surface area contributed by atoms with E-state index in [0.29, 0.717) is 49.4 Å². The summed E-state index contributed by atoms with van der Waals surface area (Å²) in [4.78, 5) is 2.41. The van der Waals surface area contributed by atoms with Crippen molar-refractivity contribution in [2.75, 3.05) is 38.9 Å². The predicted octanol–water partition coefficient (Wildman–Crippen LogP) is 14.8. The van der Waals surface area contributed by atoms with Gasteiger partial charge in [0, 0.05) is 67.4 Å². The van der Waals surface area contributed by atoms with Crippen molar-refractivity contribution >= 4 is 23.5 Å². The molecular formula is C64H62O4S2. The molecule has 70 heavy (non-hydrogen) atoms. The highest BCUT2D eigenvalue weighted by Gasteiger charge is 2.13. The van der Waals surface area contributed by atoms with Crippen molar-refractivity contribution in [1.29, 1.82) is 0 Å². The zero-order chi connectivity index (χ0) is 49.2. The zero-order valence-electron chi connectivity index (χ0n) is 41.5. The summed E-state index contributed by atoms with van der Waals surface area (Å²) in [7, 11) is 0. The number of hydrogen-bond acceptors (Lipinski definition) is 6. The lowest BCUT2D eigenvalue weighted by Crippen LogP contribution is -2.03. The van der Waals surface area contributed by atoms with Crippen LogP contribution in [0.3, 0.4) is 0 Å². The standard InChI is InChI=1S/C64H62O4S2/c1-7-11-41-65-61-47-57(35-27-53-29-37-59(69-5)38-30-53)63(67-43-13-9-3)45-55(61)33-25-51-21-17-49(18-22-51)15-16-50-19-23-52(24-20-50)26-34-56-46-64(68-44-14-10-4)58(48-62(56)66-42-12-8-2)36-28-54-31-39-60(70-6)40-32-54/h17-24,29-32,37-40,45-48H,7-14,41-44H2,1-6H3. The fraction of sp³-hybridized carbons (Fsp3) is 0.281. The highest BCUT2D eigenvalue weighted by molar-refractivity contribution is 7.98. The minimum absolute atomic E-state index is 0.597. The van der Waals surface area contributed by atoms with E-state index in [1.165, 1.54) is 9.79 Å². The average Bonchev–Trinajstić information content (AvgIpc) is 3.40. The lowest BCUT2D eigenvalue weighted by atomic mass is 10.1. The molecular weight excluding hydrogens is 897 g/mol. The lowest BCUT2D eigenvalue weighted by molar-refractivity contribution is 0.299. The Bertz CT molecular complexity index is 2750. The summed E-state index contributed by atoms with van der Waals surface area (Å²) < 4.78 is 25.2. The smallest absolute Gasteiger partial charge is 0.136 e. The Morgan fingerprint density at radius 2 is 0.500 bits per heavy atom. The molecule has 0 aromatic heterocycles. The number of ether oxygens (including phenoxy) is 4. The Hall–Kier alpha value is -6.98. The molecule has 0 aliphatic rings. The molecule has 0 bridgehead atoms. The quantitative estimate of drug-likeness (QED) is 0.0485. The van der Waals surface area contributed by atoms with Gasteiger partial charge >= 0.3 is 0 Å². The van der Waals surface area contributed by atoms with Gasteiger partial charge in [-0.1, -0.05) is 113 Å². The summed E-state index contributed by atoms with van der Waals surface area (Å²) in [6, 6.07) is 40.5. The number of rotatable bonds is 18. The highest BCUT2D eigenvalue weighted by Crippen LogP contribution is 2.31. The van der Waals surface area contributed by atoms with Gasteiger partial charge in [-0.05, 0) is 135 Å². The third kappa shape index (κ3) is 16.9. The number of benzene rings is 6. The van der Waals surface area contributed by atoms with Crippen LogP contribution in [0.25, 0.3) is 0 Å². The Balaban J connectivity index is 1.19. The van der Waals surface area contributed by atoms with Crippen LogP contribution in [0.15, 0.2) is 131 Å². The van der Waals surface area contributed by atoms with Crippen LogP contribution in [0.2, 0.25) is 0 Å². The monoisotopic (exact) mass is 958 g/mol. The van der Waals surface area contributed by atoms with Gasteiger partial charge in [0.05, 0.1) is 48.7 Å². The molecule has 0 atom stereocenters. The summed E-state index contributed by atoms with van der Waals surface area (Å²) in [5.41, 5.74) is 8.53. The van der Waals surface area contributed by atoms with Crippen LogP contribution in [0.4, 0.5) is 0 Å². The van der Waals surface area contributed by atoms with Crippen molar-refractivity contribution in [3.05, 3.63) is 177 Å². The Morgan fingerprint density at radius 1 is 0.300 bits per heavy atom. The summed E-state index contributed by atoms with van der Waals surface area (Å²) in [5.74, 6) is 36.3. The molecule has 354 valence electrons. The number of thioether (sulfide) groups is 2. The minimum atomic E-state index is 0.597. The van der Waals surface area contributed by atoms with E-state index < -0.39 is 0 Å². The summed E-state index contributed by atoms with van der Waals surface area (Å²) in [6.07, 6.45) is 12.1. The molecule has 0 amide bonds. The van der Waals surface area contributed by atoms with Crippen LogP contribution in [0, 0.1) is 59.2 Å². The van der Waals surface area contributed by atoms with Gasteiger partial charge in [-0.2, -0.15) is 0 Å². The maximum atomic E-state index is 6.30. The molecule has 6 aromatic rings. The van der Waals surface area contributed by atoms with Gasteiger partial charge in [0.1, 0.15) is 23.0 Å². The second-order valence-electron chi connectivity index (χ2n) is 16.4. The van der Waals surface area contributed by atoms with Gasteiger partial charge in [-0.15, -0.1) is 23.5 Å². The highest BCUT2D eigenvalue weighted by atomic mass is 32.2.